The summed E-state index contributed by atoms with van der Waals surface area (Å²) in [5.41, 5.74) is 1.27. The maximum absolute atomic E-state index is 15.1. The Bertz CT molecular complexity index is 1140. The van der Waals surface area contributed by atoms with E-state index in [2.05, 4.69) is 19.0 Å². The Hall–Kier alpha value is -2.43. The van der Waals surface area contributed by atoms with Gasteiger partial charge < -0.3 is 0 Å². The molecule has 164 valence electrons. The van der Waals surface area contributed by atoms with E-state index in [9.17, 15) is 12.8 Å². The molecule has 2 heterocycles. The van der Waals surface area contributed by atoms with Crippen LogP contribution in [0, 0.1) is 11.6 Å². The van der Waals surface area contributed by atoms with Crippen LogP contribution in [0.4, 0.5) is 13.9 Å². The van der Waals surface area contributed by atoms with Crippen LogP contribution >= 0.6 is 11.5 Å². The summed E-state index contributed by atoms with van der Waals surface area (Å²) in [6.45, 7) is 2.58. The summed E-state index contributed by atoms with van der Waals surface area (Å²) >= 11 is 0.805. The second kappa shape index (κ2) is 8.97. The predicted octanol–water partition coefficient (Wildman–Crippen LogP) is 4.91. The third-order valence-corrected chi connectivity index (χ3v) is 7.66. The number of halogens is 2. The SMILES string of the molecule is C[C@H](c1cc(F)c(S(=O)(=O)Nc2ncns2)cc1F)N1CCCCC1c1ccccc1. The van der Waals surface area contributed by atoms with E-state index >= 15 is 4.39 Å². The molecule has 2 aromatic carbocycles. The van der Waals surface area contributed by atoms with E-state index in [0.29, 0.717) is 0 Å². The molecule has 0 aliphatic carbocycles. The summed E-state index contributed by atoms with van der Waals surface area (Å²) < 4.78 is 60.7. The van der Waals surface area contributed by atoms with Crippen LogP contribution in [0.1, 0.15) is 49.4 Å². The Kier molecular flexibility index (Phi) is 6.31. The Morgan fingerprint density at radius 2 is 1.94 bits per heavy atom. The minimum absolute atomic E-state index is 0.0173. The van der Waals surface area contributed by atoms with Crippen molar-refractivity contribution in [2.75, 3.05) is 11.3 Å². The van der Waals surface area contributed by atoms with Gasteiger partial charge >= 0.3 is 0 Å². The molecule has 1 aliphatic rings. The topological polar surface area (TPSA) is 75.2 Å². The first-order valence-corrected chi connectivity index (χ1v) is 12.2. The first-order valence-electron chi connectivity index (χ1n) is 9.96. The number of benzene rings is 2. The third-order valence-electron chi connectivity index (χ3n) is 5.60. The first-order chi connectivity index (χ1) is 14.9. The highest BCUT2D eigenvalue weighted by atomic mass is 32.2. The number of nitrogens with one attached hydrogen (secondary N) is 1. The van der Waals surface area contributed by atoms with Gasteiger partial charge in [-0.1, -0.05) is 36.8 Å². The van der Waals surface area contributed by atoms with Crippen molar-refractivity contribution in [3.8, 4) is 0 Å². The van der Waals surface area contributed by atoms with Crippen molar-refractivity contribution in [1.29, 1.82) is 0 Å². The minimum atomic E-state index is -4.33. The van der Waals surface area contributed by atoms with Crippen molar-refractivity contribution in [2.45, 2.75) is 43.2 Å². The van der Waals surface area contributed by atoms with Crippen molar-refractivity contribution in [2.24, 2.45) is 0 Å². The zero-order valence-corrected chi connectivity index (χ0v) is 18.5. The number of hydrogen-bond acceptors (Lipinski definition) is 6. The molecule has 1 N–H and O–H groups in total. The zero-order chi connectivity index (χ0) is 22.0. The van der Waals surface area contributed by atoms with Crippen LogP contribution in [0.5, 0.6) is 0 Å². The minimum Gasteiger partial charge on any atom is -0.290 e. The van der Waals surface area contributed by atoms with E-state index in [4.69, 9.17) is 0 Å². The monoisotopic (exact) mass is 464 g/mol. The molecule has 0 amide bonds. The van der Waals surface area contributed by atoms with Crippen molar-refractivity contribution in [3.63, 3.8) is 0 Å². The quantitative estimate of drug-likeness (QED) is 0.561. The van der Waals surface area contributed by atoms with Crippen LogP contribution < -0.4 is 4.72 Å². The van der Waals surface area contributed by atoms with E-state index in [0.717, 1.165) is 55.0 Å². The van der Waals surface area contributed by atoms with Gasteiger partial charge in [0, 0.05) is 29.2 Å². The summed E-state index contributed by atoms with van der Waals surface area (Å²) in [5.74, 6) is -1.77. The summed E-state index contributed by atoms with van der Waals surface area (Å²) in [6.07, 6.45) is 4.13. The maximum Gasteiger partial charge on any atom is 0.266 e. The molecular formula is C21H22F2N4O2S2. The Morgan fingerprint density at radius 1 is 1.16 bits per heavy atom. The van der Waals surface area contributed by atoms with Gasteiger partial charge in [0.25, 0.3) is 10.0 Å². The fraction of sp³-hybridized carbons (Fsp3) is 0.333. The molecule has 10 heteroatoms. The van der Waals surface area contributed by atoms with E-state index in [1.807, 2.05) is 37.3 Å². The number of nitrogens with zero attached hydrogens (tertiary/aromatic N) is 3. The molecular weight excluding hydrogens is 442 g/mol. The molecule has 1 fully saturated rings. The highest BCUT2D eigenvalue weighted by Crippen LogP contribution is 2.38. The lowest BCUT2D eigenvalue weighted by molar-refractivity contribution is 0.101. The normalized spacial score (nSPS) is 18.6. The fourth-order valence-electron chi connectivity index (χ4n) is 4.09. The second-order valence-electron chi connectivity index (χ2n) is 7.49. The molecule has 3 aromatic rings. The molecule has 2 atom stereocenters. The number of aromatic nitrogens is 2. The van der Waals surface area contributed by atoms with Gasteiger partial charge in [-0.15, -0.1) is 0 Å². The highest BCUT2D eigenvalue weighted by Gasteiger charge is 2.31. The number of hydrogen-bond donors (Lipinski definition) is 1. The largest absolute Gasteiger partial charge is 0.290 e. The van der Waals surface area contributed by atoms with Crippen molar-refractivity contribution < 1.29 is 17.2 Å². The predicted molar refractivity (Wildman–Crippen MR) is 115 cm³/mol. The van der Waals surface area contributed by atoms with Crippen LogP contribution in [-0.4, -0.2) is 29.2 Å². The fourth-order valence-corrected chi connectivity index (χ4v) is 5.82. The van der Waals surface area contributed by atoms with E-state index in [1.165, 1.54) is 6.33 Å². The lowest BCUT2D eigenvalue weighted by atomic mass is 9.92. The number of sulfonamides is 1. The molecule has 0 saturated carbocycles. The first kappa shape index (κ1) is 21.8. The van der Waals surface area contributed by atoms with Gasteiger partial charge in [0.1, 0.15) is 22.9 Å². The standard InChI is InChI=1S/C21H22F2N4O2S2/c1-14(27-10-6-5-9-19(27)15-7-3-2-4-8-15)16-11-18(23)20(12-17(16)22)31(28,29)26-21-24-13-25-30-21/h2-4,7-8,11-14,19H,5-6,9-10H2,1H3,(H,24,25,26)/t14-,19?/m1/s1. The number of rotatable bonds is 6. The molecule has 31 heavy (non-hydrogen) atoms. The molecule has 1 aliphatic heterocycles. The summed E-state index contributed by atoms with van der Waals surface area (Å²) in [7, 11) is -4.33. The molecule has 0 radical (unpaired) electrons. The highest BCUT2D eigenvalue weighted by molar-refractivity contribution is 7.93. The Morgan fingerprint density at radius 3 is 2.65 bits per heavy atom. The van der Waals surface area contributed by atoms with Gasteiger partial charge in [-0.3, -0.25) is 9.62 Å². The smallest absolute Gasteiger partial charge is 0.266 e. The van der Waals surface area contributed by atoms with Crippen LogP contribution in [-0.2, 0) is 10.0 Å². The van der Waals surface area contributed by atoms with Crippen molar-refractivity contribution in [3.05, 3.63) is 71.6 Å². The van der Waals surface area contributed by atoms with Crippen LogP contribution in [0.2, 0.25) is 0 Å². The molecule has 0 bridgehead atoms. The maximum atomic E-state index is 15.1. The van der Waals surface area contributed by atoms with Gasteiger partial charge in [0.15, 0.2) is 0 Å². The molecule has 4 rings (SSSR count). The molecule has 1 saturated heterocycles. The third kappa shape index (κ3) is 4.60. The van der Waals surface area contributed by atoms with Crippen molar-refractivity contribution >= 4 is 26.7 Å². The summed E-state index contributed by atoms with van der Waals surface area (Å²) in [5, 5.41) is -0.0173. The number of piperidine rings is 1. The number of likely N-dealkylation sites (tertiary alicyclic amines) is 1. The molecule has 6 nitrogen and oxygen atoms in total. The van der Waals surface area contributed by atoms with Crippen LogP contribution in [0.15, 0.2) is 53.7 Å². The molecule has 1 unspecified atom stereocenters. The lowest BCUT2D eigenvalue weighted by Crippen LogP contribution is -2.36. The van der Waals surface area contributed by atoms with Gasteiger partial charge in [-0.25, -0.2) is 22.2 Å². The van der Waals surface area contributed by atoms with E-state index < -0.39 is 32.6 Å². The van der Waals surface area contributed by atoms with Crippen LogP contribution in [0.25, 0.3) is 0 Å². The van der Waals surface area contributed by atoms with Crippen molar-refractivity contribution in [1.82, 2.24) is 14.3 Å². The summed E-state index contributed by atoms with van der Waals surface area (Å²) in [4.78, 5) is 5.12. The van der Waals surface area contributed by atoms with Gasteiger partial charge in [0.05, 0.1) is 0 Å². The zero-order valence-electron chi connectivity index (χ0n) is 16.8. The van der Waals surface area contributed by atoms with Crippen LogP contribution in [0.3, 0.4) is 0 Å². The van der Waals surface area contributed by atoms with E-state index in [1.54, 1.807) is 0 Å². The number of anilines is 1. The Labute approximate surface area is 184 Å². The van der Waals surface area contributed by atoms with E-state index in [-0.39, 0.29) is 16.7 Å². The Balaban J connectivity index is 1.64. The molecule has 0 spiro atoms. The second-order valence-corrected chi connectivity index (χ2v) is 9.92. The summed E-state index contributed by atoms with van der Waals surface area (Å²) in [6, 6.07) is 11.4. The van der Waals surface area contributed by atoms with Gasteiger partial charge in [-0.05, 0) is 44.0 Å². The molecule has 1 aromatic heterocycles. The average Bonchev–Trinajstić information content (AvgIpc) is 3.27. The van der Waals surface area contributed by atoms with Gasteiger partial charge in [0.2, 0.25) is 5.13 Å². The average molecular weight is 465 g/mol. The lowest BCUT2D eigenvalue weighted by Gasteiger charge is -2.40. The van der Waals surface area contributed by atoms with Gasteiger partial charge in [-0.2, -0.15) is 4.37 Å².